The fourth-order valence-electron chi connectivity index (χ4n) is 3.16. The number of hydrogen-bond donors (Lipinski definition) is 1. The molecule has 1 aromatic carbocycles. The average Bonchev–Trinajstić information content (AvgIpc) is 2.66. The highest BCUT2D eigenvalue weighted by Gasteiger charge is 2.23. The third-order valence-electron chi connectivity index (χ3n) is 4.25. The highest BCUT2D eigenvalue weighted by atomic mass is 19.1. The van der Waals surface area contributed by atoms with E-state index < -0.39 is 0 Å². The van der Waals surface area contributed by atoms with Gasteiger partial charge in [-0.15, -0.1) is 0 Å². The van der Waals surface area contributed by atoms with Gasteiger partial charge in [0.2, 0.25) is 0 Å². The van der Waals surface area contributed by atoms with E-state index in [1.54, 1.807) is 6.07 Å². The fraction of sp³-hybridized carbons (Fsp3) is 0.647. The number of methoxy groups -OCH3 is 1. The Morgan fingerprint density at radius 2 is 2.19 bits per heavy atom. The summed E-state index contributed by atoms with van der Waals surface area (Å²) in [5, 5.41) is 9.70. The van der Waals surface area contributed by atoms with Crippen LogP contribution in [0.15, 0.2) is 18.2 Å². The molecule has 0 aliphatic carbocycles. The van der Waals surface area contributed by atoms with Gasteiger partial charge in [-0.3, -0.25) is 4.90 Å². The van der Waals surface area contributed by atoms with E-state index in [0.29, 0.717) is 23.9 Å². The molecule has 3 nitrogen and oxygen atoms in total. The Morgan fingerprint density at radius 3 is 2.90 bits per heavy atom. The number of likely N-dealkylation sites (tertiary alicyclic amines) is 1. The molecular weight excluding hydrogens is 269 g/mol. The quantitative estimate of drug-likeness (QED) is 0.904. The van der Waals surface area contributed by atoms with Crippen molar-refractivity contribution in [2.75, 3.05) is 13.7 Å². The lowest BCUT2D eigenvalue weighted by atomic mass is 10.0. The number of halogens is 1. The van der Waals surface area contributed by atoms with Crippen LogP contribution in [0.5, 0.6) is 5.75 Å². The number of ether oxygens (including phenoxy) is 1. The average molecular weight is 295 g/mol. The van der Waals surface area contributed by atoms with Crippen molar-refractivity contribution in [3.63, 3.8) is 0 Å². The molecule has 2 rings (SSSR count). The first-order valence-electron chi connectivity index (χ1n) is 7.85. The molecule has 0 aromatic heterocycles. The lowest BCUT2D eigenvalue weighted by Gasteiger charge is -2.31. The van der Waals surface area contributed by atoms with E-state index in [2.05, 4.69) is 4.90 Å². The van der Waals surface area contributed by atoms with Crippen LogP contribution < -0.4 is 4.74 Å². The van der Waals surface area contributed by atoms with Crippen molar-refractivity contribution in [1.29, 1.82) is 0 Å². The molecule has 1 N–H and O–H groups in total. The topological polar surface area (TPSA) is 32.7 Å². The summed E-state index contributed by atoms with van der Waals surface area (Å²) >= 11 is 0. The molecule has 118 valence electrons. The van der Waals surface area contributed by atoms with Crippen LogP contribution in [-0.2, 0) is 6.54 Å². The Bertz CT molecular complexity index is 450. The van der Waals surface area contributed by atoms with Crippen molar-refractivity contribution in [1.82, 2.24) is 4.90 Å². The normalized spacial score (nSPS) is 21.8. The van der Waals surface area contributed by atoms with Gasteiger partial charge in [0, 0.05) is 18.2 Å². The first kappa shape index (κ1) is 16.2. The van der Waals surface area contributed by atoms with Gasteiger partial charge in [0.05, 0.1) is 13.2 Å². The van der Waals surface area contributed by atoms with Crippen molar-refractivity contribution >= 4 is 0 Å². The third-order valence-corrected chi connectivity index (χ3v) is 4.25. The standard InChI is InChI=1S/C17H26FNO2/c1-13(20)11-15-8-4-3-5-10-19(15)12-14-7-6-9-16(21-2)17(14)18/h6-7,9,13,15,20H,3-5,8,10-12H2,1-2H3. The Morgan fingerprint density at radius 1 is 1.38 bits per heavy atom. The van der Waals surface area contributed by atoms with Crippen molar-refractivity contribution < 1.29 is 14.2 Å². The zero-order chi connectivity index (χ0) is 15.2. The van der Waals surface area contributed by atoms with Gasteiger partial charge in [-0.05, 0) is 38.8 Å². The lowest BCUT2D eigenvalue weighted by molar-refractivity contribution is 0.107. The third kappa shape index (κ3) is 4.42. The minimum atomic E-state index is -0.314. The fourth-order valence-corrected chi connectivity index (χ4v) is 3.16. The van der Waals surface area contributed by atoms with Gasteiger partial charge in [-0.25, -0.2) is 4.39 Å². The van der Waals surface area contributed by atoms with Crippen LogP contribution in [0.3, 0.4) is 0 Å². The molecule has 1 aromatic rings. The van der Waals surface area contributed by atoms with Crippen molar-refractivity contribution in [2.45, 2.75) is 57.7 Å². The summed E-state index contributed by atoms with van der Waals surface area (Å²) < 4.78 is 19.4. The summed E-state index contributed by atoms with van der Waals surface area (Å²) in [7, 11) is 1.49. The molecule has 0 spiro atoms. The van der Waals surface area contributed by atoms with Crippen LogP contribution in [0.1, 0.15) is 44.6 Å². The molecule has 0 amide bonds. The zero-order valence-corrected chi connectivity index (χ0v) is 13.0. The van der Waals surface area contributed by atoms with Gasteiger partial charge in [-0.1, -0.05) is 25.0 Å². The summed E-state index contributed by atoms with van der Waals surface area (Å²) in [6.07, 6.45) is 5.07. The maximum Gasteiger partial charge on any atom is 0.169 e. The van der Waals surface area contributed by atoms with Crippen molar-refractivity contribution in [3.8, 4) is 5.75 Å². The molecular formula is C17H26FNO2. The molecule has 0 saturated carbocycles. The summed E-state index contributed by atoms with van der Waals surface area (Å²) in [5.74, 6) is 0.0365. The predicted octanol–water partition coefficient (Wildman–Crippen LogP) is 3.35. The largest absolute Gasteiger partial charge is 0.494 e. The Kier molecular flexibility index (Phi) is 6.00. The minimum Gasteiger partial charge on any atom is -0.494 e. The van der Waals surface area contributed by atoms with Crippen LogP contribution in [0, 0.1) is 5.82 Å². The van der Waals surface area contributed by atoms with E-state index in [0.717, 1.165) is 25.8 Å². The molecule has 21 heavy (non-hydrogen) atoms. The SMILES string of the molecule is COc1cccc(CN2CCCCCC2CC(C)O)c1F. The zero-order valence-electron chi connectivity index (χ0n) is 13.0. The lowest BCUT2D eigenvalue weighted by Crippen LogP contribution is -2.36. The number of aliphatic hydroxyl groups excluding tert-OH is 1. The Hall–Kier alpha value is -1.13. The smallest absolute Gasteiger partial charge is 0.169 e. The Balaban J connectivity index is 2.14. The van der Waals surface area contributed by atoms with E-state index in [-0.39, 0.29) is 11.9 Å². The monoisotopic (exact) mass is 295 g/mol. The molecule has 1 heterocycles. The minimum absolute atomic E-state index is 0.264. The maximum atomic E-state index is 14.3. The van der Waals surface area contributed by atoms with Crippen LogP contribution >= 0.6 is 0 Å². The van der Waals surface area contributed by atoms with E-state index >= 15 is 0 Å². The molecule has 2 atom stereocenters. The molecule has 0 bridgehead atoms. The van der Waals surface area contributed by atoms with Gasteiger partial charge >= 0.3 is 0 Å². The first-order valence-corrected chi connectivity index (χ1v) is 7.85. The molecule has 1 fully saturated rings. The molecule has 1 saturated heterocycles. The predicted molar refractivity (Wildman–Crippen MR) is 81.9 cm³/mol. The van der Waals surface area contributed by atoms with E-state index in [4.69, 9.17) is 4.74 Å². The highest BCUT2D eigenvalue weighted by molar-refractivity contribution is 5.31. The second kappa shape index (κ2) is 7.76. The molecule has 1 aliphatic rings. The highest BCUT2D eigenvalue weighted by Crippen LogP contribution is 2.26. The van der Waals surface area contributed by atoms with Gasteiger partial charge in [0.25, 0.3) is 0 Å². The number of benzene rings is 1. The number of hydrogen-bond acceptors (Lipinski definition) is 3. The molecule has 4 heteroatoms. The van der Waals surface area contributed by atoms with E-state index in [1.165, 1.54) is 20.0 Å². The summed E-state index contributed by atoms with van der Waals surface area (Å²) in [6.45, 7) is 3.38. The van der Waals surface area contributed by atoms with Gasteiger partial charge in [0.15, 0.2) is 11.6 Å². The summed E-state index contributed by atoms with van der Waals surface area (Å²) in [6, 6.07) is 5.63. The number of nitrogens with zero attached hydrogens (tertiary/aromatic N) is 1. The number of aliphatic hydroxyl groups is 1. The molecule has 1 aliphatic heterocycles. The second-order valence-electron chi connectivity index (χ2n) is 5.99. The maximum absolute atomic E-state index is 14.3. The van der Waals surface area contributed by atoms with Gasteiger partial charge in [0.1, 0.15) is 0 Å². The summed E-state index contributed by atoms with van der Waals surface area (Å²) in [4.78, 5) is 2.32. The van der Waals surface area contributed by atoms with Crippen LogP contribution in [0.4, 0.5) is 4.39 Å². The van der Waals surface area contributed by atoms with Crippen molar-refractivity contribution in [3.05, 3.63) is 29.6 Å². The molecule has 2 unspecified atom stereocenters. The van der Waals surface area contributed by atoms with Crippen molar-refractivity contribution in [2.24, 2.45) is 0 Å². The number of rotatable bonds is 5. The van der Waals surface area contributed by atoms with Gasteiger partial charge in [-0.2, -0.15) is 0 Å². The molecule has 0 radical (unpaired) electrons. The first-order chi connectivity index (χ1) is 10.1. The van der Waals surface area contributed by atoms with Crippen LogP contribution in [-0.4, -0.2) is 35.8 Å². The van der Waals surface area contributed by atoms with Crippen LogP contribution in [0.2, 0.25) is 0 Å². The van der Waals surface area contributed by atoms with Crippen LogP contribution in [0.25, 0.3) is 0 Å². The van der Waals surface area contributed by atoms with E-state index in [1.807, 2.05) is 19.1 Å². The Labute approximate surface area is 126 Å². The van der Waals surface area contributed by atoms with E-state index in [9.17, 15) is 9.50 Å². The summed E-state index contributed by atoms with van der Waals surface area (Å²) in [5.41, 5.74) is 0.673. The van der Waals surface area contributed by atoms with Gasteiger partial charge < -0.3 is 9.84 Å². The second-order valence-corrected chi connectivity index (χ2v) is 5.99.